The van der Waals surface area contributed by atoms with Crippen molar-refractivity contribution in [2.45, 2.75) is 25.7 Å². The summed E-state index contributed by atoms with van der Waals surface area (Å²) in [6.07, 6.45) is 7.41. The minimum absolute atomic E-state index is 0.178. The van der Waals surface area contributed by atoms with Crippen LogP contribution in [0, 0.1) is 5.82 Å². The largest absolute Gasteiger partial charge is 0.355 e. The topological polar surface area (TPSA) is 63.1 Å². The van der Waals surface area contributed by atoms with Crippen molar-refractivity contribution in [2.75, 3.05) is 23.3 Å². The first-order valence-electron chi connectivity index (χ1n) is 7.85. The highest BCUT2D eigenvalue weighted by Gasteiger charge is 2.20. The maximum atomic E-state index is 12.9. The third-order valence-corrected chi connectivity index (χ3v) is 4.02. The number of nitrogens with one attached hydrogen (secondary N) is 1. The Morgan fingerprint density at radius 1 is 1.17 bits per heavy atom. The second-order valence-corrected chi connectivity index (χ2v) is 5.72. The average molecular weight is 317 g/mol. The molecule has 1 fully saturated rings. The molecule has 2 aromatic heterocycles. The first-order chi connectivity index (χ1) is 11.1. The van der Waals surface area contributed by atoms with Crippen LogP contribution in [-0.2, 0) is 7.05 Å². The molecule has 0 spiro atoms. The monoisotopic (exact) mass is 317 g/mol. The molecule has 0 bridgehead atoms. The van der Waals surface area contributed by atoms with Crippen LogP contribution < -0.4 is 10.2 Å². The van der Waals surface area contributed by atoms with E-state index in [9.17, 15) is 9.18 Å². The highest BCUT2D eigenvalue weighted by molar-refractivity contribution is 6.04. The molecule has 0 unspecified atom stereocenters. The number of aromatic nitrogens is 3. The van der Waals surface area contributed by atoms with Crippen molar-refractivity contribution in [3.63, 3.8) is 0 Å². The fraction of sp³-hybridized carbons (Fsp3) is 0.438. The predicted molar refractivity (Wildman–Crippen MR) is 86.0 cm³/mol. The van der Waals surface area contributed by atoms with Crippen LogP contribution in [0.4, 0.5) is 15.9 Å². The van der Waals surface area contributed by atoms with Crippen molar-refractivity contribution in [2.24, 2.45) is 7.05 Å². The standard InChI is InChI=1S/C16H20FN5O/c1-21-16(22-8-4-2-3-5-9-22)14(11-19-21)20-15(23)13-7-6-12(17)10-18-13/h6-7,10-11H,2-5,8-9H2,1H3,(H,20,23). The molecule has 2 aromatic rings. The number of hydrogen-bond donors (Lipinski definition) is 1. The van der Waals surface area contributed by atoms with Crippen LogP contribution in [0.25, 0.3) is 0 Å². The Balaban J connectivity index is 1.80. The fourth-order valence-corrected chi connectivity index (χ4v) is 2.87. The lowest BCUT2D eigenvalue weighted by Gasteiger charge is -2.23. The van der Waals surface area contributed by atoms with E-state index in [1.807, 2.05) is 7.05 Å². The van der Waals surface area contributed by atoms with E-state index in [0.717, 1.165) is 37.9 Å². The number of halogens is 1. The van der Waals surface area contributed by atoms with E-state index in [2.05, 4.69) is 20.3 Å². The number of carbonyl (C=O) groups is 1. The third-order valence-electron chi connectivity index (χ3n) is 4.02. The first kappa shape index (κ1) is 15.5. The van der Waals surface area contributed by atoms with Gasteiger partial charge in [0, 0.05) is 20.1 Å². The van der Waals surface area contributed by atoms with Gasteiger partial charge in [-0.3, -0.25) is 9.48 Å². The van der Waals surface area contributed by atoms with Gasteiger partial charge < -0.3 is 10.2 Å². The summed E-state index contributed by atoms with van der Waals surface area (Å²) in [6.45, 7) is 1.91. The summed E-state index contributed by atoms with van der Waals surface area (Å²) >= 11 is 0. The van der Waals surface area contributed by atoms with E-state index in [-0.39, 0.29) is 11.6 Å². The van der Waals surface area contributed by atoms with E-state index in [0.29, 0.717) is 5.69 Å². The molecule has 0 aromatic carbocycles. The lowest BCUT2D eigenvalue weighted by Crippen LogP contribution is -2.27. The Hall–Kier alpha value is -2.44. The molecule has 3 heterocycles. The van der Waals surface area contributed by atoms with Crippen LogP contribution in [0.2, 0.25) is 0 Å². The molecule has 1 saturated heterocycles. The van der Waals surface area contributed by atoms with E-state index in [4.69, 9.17) is 0 Å². The number of carbonyl (C=O) groups excluding carboxylic acids is 1. The van der Waals surface area contributed by atoms with Crippen molar-refractivity contribution in [1.29, 1.82) is 0 Å². The Bertz CT molecular complexity index is 674. The van der Waals surface area contributed by atoms with Gasteiger partial charge in [0.2, 0.25) is 0 Å². The molecule has 0 aliphatic carbocycles. The summed E-state index contributed by atoms with van der Waals surface area (Å²) in [7, 11) is 1.87. The van der Waals surface area contributed by atoms with Crippen LogP contribution >= 0.6 is 0 Å². The zero-order valence-electron chi connectivity index (χ0n) is 13.1. The molecule has 6 nitrogen and oxygen atoms in total. The van der Waals surface area contributed by atoms with Gasteiger partial charge in [-0.05, 0) is 25.0 Å². The van der Waals surface area contributed by atoms with Gasteiger partial charge in [-0.2, -0.15) is 5.10 Å². The van der Waals surface area contributed by atoms with Gasteiger partial charge in [-0.25, -0.2) is 9.37 Å². The molecule has 1 aliphatic rings. The molecule has 3 rings (SSSR count). The zero-order chi connectivity index (χ0) is 16.2. The molecule has 0 atom stereocenters. The Kier molecular flexibility index (Phi) is 4.55. The fourth-order valence-electron chi connectivity index (χ4n) is 2.87. The second-order valence-electron chi connectivity index (χ2n) is 5.72. The molecule has 7 heteroatoms. The first-order valence-corrected chi connectivity index (χ1v) is 7.85. The summed E-state index contributed by atoms with van der Waals surface area (Å²) < 4.78 is 14.7. The van der Waals surface area contributed by atoms with Gasteiger partial charge in [-0.15, -0.1) is 0 Å². The molecule has 122 valence electrons. The number of anilines is 2. The van der Waals surface area contributed by atoms with E-state index < -0.39 is 5.82 Å². The van der Waals surface area contributed by atoms with Gasteiger partial charge in [0.25, 0.3) is 5.91 Å². The van der Waals surface area contributed by atoms with Crippen molar-refractivity contribution >= 4 is 17.4 Å². The van der Waals surface area contributed by atoms with Crippen molar-refractivity contribution in [3.8, 4) is 0 Å². The summed E-state index contributed by atoms with van der Waals surface area (Å²) in [4.78, 5) is 18.4. The normalized spacial score (nSPS) is 15.3. The van der Waals surface area contributed by atoms with Crippen molar-refractivity contribution in [1.82, 2.24) is 14.8 Å². The van der Waals surface area contributed by atoms with Crippen LogP contribution in [0.3, 0.4) is 0 Å². The molecule has 0 saturated carbocycles. The van der Waals surface area contributed by atoms with Crippen LogP contribution in [0.1, 0.15) is 36.2 Å². The van der Waals surface area contributed by atoms with Gasteiger partial charge in [-0.1, -0.05) is 12.8 Å². The molecule has 1 amide bonds. The van der Waals surface area contributed by atoms with Gasteiger partial charge in [0.1, 0.15) is 17.2 Å². The van der Waals surface area contributed by atoms with Crippen molar-refractivity contribution < 1.29 is 9.18 Å². The molecule has 0 radical (unpaired) electrons. The molecule has 1 N–H and O–H groups in total. The summed E-state index contributed by atoms with van der Waals surface area (Å²) in [6, 6.07) is 2.59. The van der Waals surface area contributed by atoms with E-state index >= 15 is 0 Å². The highest BCUT2D eigenvalue weighted by Crippen LogP contribution is 2.27. The summed E-state index contributed by atoms with van der Waals surface area (Å²) in [5.74, 6) is 0.0737. The lowest BCUT2D eigenvalue weighted by molar-refractivity contribution is 0.102. The van der Waals surface area contributed by atoms with Crippen LogP contribution in [0.5, 0.6) is 0 Å². The van der Waals surface area contributed by atoms with Crippen molar-refractivity contribution in [3.05, 3.63) is 36.0 Å². The SMILES string of the molecule is Cn1ncc(NC(=O)c2ccc(F)cn2)c1N1CCCCCC1. The average Bonchev–Trinajstić information content (AvgIpc) is 2.76. The minimum atomic E-state index is -0.465. The Morgan fingerprint density at radius 3 is 2.57 bits per heavy atom. The number of rotatable bonds is 3. The van der Waals surface area contributed by atoms with E-state index in [1.165, 1.54) is 25.0 Å². The van der Waals surface area contributed by atoms with Gasteiger partial charge in [0.05, 0.1) is 12.4 Å². The van der Waals surface area contributed by atoms with Crippen LogP contribution in [0.15, 0.2) is 24.5 Å². The second kappa shape index (κ2) is 6.76. The maximum Gasteiger partial charge on any atom is 0.274 e. The smallest absolute Gasteiger partial charge is 0.274 e. The Labute approximate surface area is 134 Å². The molecular formula is C16H20FN5O. The number of hydrogen-bond acceptors (Lipinski definition) is 4. The summed E-state index contributed by atoms with van der Waals surface area (Å²) in [5.41, 5.74) is 0.836. The minimum Gasteiger partial charge on any atom is -0.355 e. The molecule has 1 aliphatic heterocycles. The highest BCUT2D eigenvalue weighted by atomic mass is 19.1. The quantitative estimate of drug-likeness (QED) is 0.945. The molecule has 23 heavy (non-hydrogen) atoms. The van der Waals surface area contributed by atoms with Crippen LogP contribution in [-0.4, -0.2) is 33.8 Å². The zero-order valence-corrected chi connectivity index (χ0v) is 13.1. The number of pyridine rings is 1. The third kappa shape index (κ3) is 3.49. The Morgan fingerprint density at radius 2 is 1.91 bits per heavy atom. The number of amides is 1. The lowest BCUT2D eigenvalue weighted by atomic mass is 10.2. The molecular weight excluding hydrogens is 297 g/mol. The summed E-state index contributed by atoms with van der Waals surface area (Å²) in [5, 5.41) is 7.10. The number of nitrogens with zero attached hydrogens (tertiary/aromatic N) is 4. The van der Waals surface area contributed by atoms with Gasteiger partial charge >= 0.3 is 0 Å². The van der Waals surface area contributed by atoms with Gasteiger partial charge in [0.15, 0.2) is 5.82 Å². The predicted octanol–water partition coefficient (Wildman–Crippen LogP) is 2.59. The maximum absolute atomic E-state index is 12.9. The van der Waals surface area contributed by atoms with E-state index in [1.54, 1.807) is 10.9 Å². The number of aryl methyl sites for hydroxylation is 1.